The zero-order valence-electron chi connectivity index (χ0n) is 14.5. The lowest BCUT2D eigenvalue weighted by Gasteiger charge is -2.31. The summed E-state index contributed by atoms with van der Waals surface area (Å²) in [5.41, 5.74) is 2.61. The van der Waals surface area contributed by atoms with E-state index < -0.39 is 0 Å². The van der Waals surface area contributed by atoms with Gasteiger partial charge in [-0.3, -0.25) is 9.59 Å². The van der Waals surface area contributed by atoms with Crippen molar-refractivity contribution in [3.63, 3.8) is 0 Å². The summed E-state index contributed by atoms with van der Waals surface area (Å²) in [5, 5.41) is 6.35. The molecule has 2 amide bonds. The van der Waals surface area contributed by atoms with Crippen molar-refractivity contribution in [3.8, 4) is 0 Å². The molecule has 1 fully saturated rings. The topological polar surface area (TPSA) is 70.7 Å². The molecule has 2 aromatic rings. The third-order valence-corrected chi connectivity index (χ3v) is 5.82. The molecule has 2 aliphatic rings. The summed E-state index contributed by atoms with van der Waals surface area (Å²) in [5.74, 6) is 0.0816. The summed E-state index contributed by atoms with van der Waals surface area (Å²) < 4.78 is 5.40. The average molecular weight is 404 g/mol. The number of halogens is 1. The Morgan fingerprint density at radius 1 is 1.22 bits per heavy atom. The number of carbonyl (C=O) groups excluding carboxylic acids is 2. The van der Waals surface area contributed by atoms with Gasteiger partial charge in [-0.05, 0) is 30.3 Å². The first-order valence-electron chi connectivity index (χ1n) is 8.61. The minimum Gasteiger partial charge on any atom is -0.378 e. The van der Waals surface area contributed by atoms with Crippen LogP contribution in [0, 0.1) is 0 Å². The molecular formula is C19H18ClN3O3S. The van der Waals surface area contributed by atoms with Crippen LogP contribution < -0.4 is 15.5 Å². The van der Waals surface area contributed by atoms with Crippen molar-refractivity contribution in [2.45, 2.75) is 4.90 Å². The highest BCUT2D eigenvalue weighted by molar-refractivity contribution is 8.00. The molecule has 0 unspecified atom stereocenters. The van der Waals surface area contributed by atoms with E-state index in [0.717, 1.165) is 10.6 Å². The van der Waals surface area contributed by atoms with E-state index in [4.69, 9.17) is 16.3 Å². The molecule has 0 bridgehead atoms. The predicted octanol–water partition coefficient (Wildman–Crippen LogP) is 3.47. The summed E-state index contributed by atoms with van der Waals surface area (Å²) in [6.45, 7) is 2.69. The summed E-state index contributed by atoms with van der Waals surface area (Å²) in [7, 11) is 0. The second-order valence-electron chi connectivity index (χ2n) is 6.24. The molecule has 2 heterocycles. The molecule has 2 aliphatic heterocycles. The van der Waals surface area contributed by atoms with E-state index in [9.17, 15) is 9.59 Å². The van der Waals surface area contributed by atoms with Gasteiger partial charge in [0.2, 0.25) is 5.91 Å². The molecule has 2 aromatic carbocycles. The van der Waals surface area contributed by atoms with E-state index in [1.54, 1.807) is 12.1 Å². The van der Waals surface area contributed by atoms with Crippen LogP contribution in [0.1, 0.15) is 10.4 Å². The molecule has 2 N–H and O–H groups in total. The summed E-state index contributed by atoms with van der Waals surface area (Å²) >= 11 is 7.88. The Labute approximate surface area is 166 Å². The van der Waals surface area contributed by atoms with Crippen molar-refractivity contribution in [3.05, 3.63) is 47.0 Å². The van der Waals surface area contributed by atoms with Gasteiger partial charge in [-0.1, -0.05) is 17.7 Å². The van der Waals surface area contributed by atoms with Gasteiger partial charge >= 0.3 is 0 Å². The lowest BCUT2D eigenvalue weighted by molar-refractivity contribution is -0.113. The maximum Gasteiger partial charge on any atom is 0.255 e. The molecule has 4 rings (SSSR count). The number of hydrogen-bond acceptors (Lipinski definition) is 5. The number of anilines is 3. The number of hydrogen-bond donors (Lipinski definition) is 2. The van der Waals surface area contributed by atoms with Gasteiger partial charge in [0.25, 0.3) is 5.91 Å². The van der Waals surface area contributed by atoms with Crippen molar-refractivity contribution < 1.29 is 14.3 Å². The Morgan fingerprint density at radius 3 is 2.85 bits per heavy atom. The van der Waals surface area contributed by atoms with Crippen LogP contribution in [-0.4, -0.2) is 43.9 Å². The van der Waals surface area contributed by atoms with Crippen LogP contribution in [0.4, 0.5) is 17.1 Å². The predicted molar refractivity (Wildman–Crippen MR) is 108 cm³/mol. The lowest BCUT2D eigenvalue weighted by atomic mass is 10.1. The average Bonchev–Trinajstić information content (AvgIpc) is 2.68. The Morgan fingerprint density at radius 2 is 2.04 bits per heavy atom. The molecule has 0 spiro atoms. The number of benzene rings is 2. The van der Waals surface area contributed by atoms with E-state index in [1.807, 2.05) is 24.3 Å². The van der Waals surface area contributed by atoms with Crippen LogP contribution in [-0.2, 0) is 9.53 Å². The van der Waals surface area contributed by atoms with Crippen LogP contribution >= 0.6 is 23.4 Å². The zero-order valence-corrected chi connectivity index (χ0v) is 16.0. The maximum absolute atomic E-state index is 12.8. The van der Waals surface area contributed by atoms with Crippen LogP contribution in [0.2, 0.25) is 5.02 Å². The van der Waals surface area contributed by atoms with Crippen LogP contribution in [0.15, 0.2) is 41.3 Å². The van der Waals surface area contributed by atoms with E-state index in [2.05, 4.69) is 15.5 Å². The molecule has 27 heavy (non-hydrogen) atoms. The first-order chi connectivity index (χ1) is 13.1. The SMILES string of the molecule is O=C1CSc2ccc(C(=O)Nc3cccc(Cl)c3N3CCOCC3)cc2N1. The van der Waals surface area contributed by atoms with E-state index >= 15 is 0 Å². The molecule has 0 aliphatic carbocycles. The third-order valence-electron chi connectivity index (χ3n) is 4.44. The zero-order chi connectivity index (χ0) is 18.8. The van der Waals surface area contributed by atoms with Gasteiger partial charge < -0.3 is 20.3 Å². The first kappa shape index (κ1) is 18.2. The molecule has 1 saturated heterocycles. The molecule has 140 valence electrons. The molecule has 6 nitrogen and oxygen atoms in total. The molecule has 0 saturated carbocycles. The summed E-state index contributed by atoms with van der Waals surface area (Å²) in [6, 6.07) is 10.8. The molecule has 0 atom stereocenters. The van der Waals surface area contributed by atoms with Gasteiger partial charge in [-0.15, -0.1) is 11.8 Å². The van der Waals surface area contributed by atoms with Gasteiger partial charge in [0.15, 0.2) is 0 Å². The highest BCUT2D eigenvalue weighted by Crippen LogP contribution is 2.35. The molecule has 0 radical (unpaired) electrons. The quantitative estimate of drug-likeness (QED) is 0.821. The highest BCUT2D eigenvalue weighted by Gasteiger charge is 2.21. The van der Waals surface area contributed by atoms with Crippen molar-refractivity contribution >= 4 is 52.2 Å². The van der Waals surface area contributed by atoms with Gasteiger partial charge in [0, 0.05) is 23.5 Å². The number of rotatable bonds is 3. The normalized spacial score (nSPS) is 16.5. The van der Waals surface area contributed by atoms with Crippen molar-refractivity contribution in [1.82, 2.24) is 0 Å². The number of ether oxygens (including phenoxy) is 1. The van der Waals surface area contributed by atoms with Crippen LogP contribution in [0.3, 0.4) is 0 Å². The van der Waals surface area contributed by atoms with Gasteiger partial charge in [-0.2, -0.15) is 0 Å². The standard InChI is InChI=1S/C19H18ClN3O3S/c20-13-2-1-3-14(18(13)23-6-8-26-9-7-23)22-19(25)12-4-5-16-15(10-12)21-17(24)11-27-16/h1-5,10H,6-9,11H2,(H,21,24)(H,22,25). The lowest BCUT2D eigenvalue weighted by Crippen LogP contribution is -2.37. The minimum absolute atomic E-state index is 0.0606. The third kappa shape index (κ3) is 3.90. The van der Waals surface area contributed by atoms with E-state index in [0.29, 0.717) is 54.0 Å². The number of morpholine rings is 1. The van der Waals surface area contributed by atoms with Gasteiger partial charge in [-0.25, -0.2) is 0 Å². The summed E-state index contributed by atoms with van der Waals surface area (Å²) in [6.07, 6.45) is 0. The maximum atomic E-state index is 12.8. The van der Waals surface area contributed by atoms with Crippen molar-refractivity contribution in [1.29, 1.82) is 0 Å². The Bertz CT molecular complexity index is 900. The number of amides is 2. The Kier molecular flexibility index (Phi) is 5.24. The minimum atomic E-state index is -0.251. The summed E-state index contributed by atoms with van der Waals surface area (Å²) in [4.78, 5) is 27.5. The fourth-order valence-corrected chi connectivity index (χ4v) is 4.23. The molecular weight excluding hydrogens is 386 g/mol. The van der Waals surface area contributed by atoms with Crippen molar-refractivity contribution in [2.24, 2.45) is 0 Å². The fraction of sp³-hybridized carbons (Fsp3) is 0.263. The number of nitrogens with zero attached hydrogens (tertiary/aromatic N) is 1. The number of fused-ring (bicyclic) bond motifs is 1. The second kappa shape index (κ2) is 7.80. The Balaban J connectivity index is 1.59. The molecule has 8 heteroatoms. The van der Waals surface area contributed by atoms with Crippen LogP contribution in [0.5, 0.6) is 0 Å². The van der Waals surface area contributed by atoms with Crippen molar-refractivity contribution in [2.75, 3.05) is 47.6 Å². The number of thioether (sulfide) groups is 1. The number of para-hydroxylation sites is 1. The van der Waals surface area contributed by atoms with E-state index in [-0.39, 0.29) is 11.8 Å². The number of nitrogens with one attached hydrogen (secondary N) is 2. The highest BCUT2D eigenvalue weighted by atomic mass is 35.5. The number of carbonyl (C=O) groups is 2. The fourth-order valence-electron chi connectivity index (χ4n) is 3.14. The monoisotopic (exact) mass is 403 g/mol. The van der Waals surface area contributed by atoms with Gasteiger partial charge in [0.05, 0.1) is 41.1 Å². The van der Waals surface area contributed by atoms with Gasteiger partial charge in [0.1, 0.15) is 0 Å². The van der Waals surface area contributed by atoms with Crippen LogP contribution in [0.25, 0.3) is 0 Å². The second-order valence-corrected chi connectivity index (χ2v) is 7.66. The smallest absolute Gasteiger partial charge is 0.255 e. The molecule has 0 aromatic heterocycles. The largest absolute Gasteiger partial charge is 0.378 e. The Hall–Kier alpha value is -2.22. The first-order valence-corrected chi connectivity index (χ1v) is 9.97. The van der Waals surface area contributed by atoms with E-state index in [1.165, 1.54) is 11.8 Å².